The third-order valence-corrected chi connectivity index (χ3v) is 2.23. The van der Waals surface area contributed by atoms with Crippen molar-refractivity contribution in [1.29, 1.82) is 0 Å². The summed E-state index contributed by atoms with van der Waals surface area (Å²) in [6, 6.07) is 3.33. The summed E-state index contributed by atoms with van der Waals surface area (Å²) in [5.74, 6) is -0.335. The number of hydrogen-bond donors (Lipinski definition) is 1. The quantitative estimate of drug-likeness (QED) is 0.475. The first-order valence-electron chi connectivity index (χ1n) is 5.10. The fourth-order valence-corrected chi connectivity index (χ4v) is 1.34. The summed E-state index contributed by atoms with van der Waals surface area (Å²) in [4.78, 5) is 14.3. The molecule has 0 radical (unpaired) electrons. The van der Waals surface area contributed by atoms with Gasteiger partial charge in [-0.05, 0) is 18.6 Å². The molecule has 1 heterocycles. The molecule has 0 bridgehead atoms. The molecule has 0 fully saturated rings. The Morgan fingerprint density at radius 2 is 2.33 bits per heavy atom. The molecule has 0 aliphatic rings. The maximum atomic E-state index is 11.5. The minimum atomic E-state index is -0.335. The zero-order chi connectivity index (χ0) is 11.1. The molecule has 15 heavy (non-hydrogen) atoms. The number of esters is 1. The molecule has 0 atom stereocenters. The molecule has 4 heteroatoms. The Morgan fingerprint density at radius 3 is 3.00 bits per heavy atom. The molecule has 0 unspecified atom stereocenters. The van der Waals surface area contributed by atoms with Gasteiger partial charge in [-0.1, -0.05) is 32.0 Å². The van der Waals surface area contributed by atoms with Crippen LogP contribution in [-0.4, -0.2) is 17.6 Å². The summed E-state index contributed by atoms with van der Waals surface area (Å²) in [6.07, 6.45) is 4.75. The second kappa shape index (κ2) is 6.35. The van der Waals surface area contributed by atoms with Crippen molar-refractivity contribution in [2.24, 2.45) is 0 Å². The van der Waals surface area contributed by atoms with Crippen molar-refractivity contribution in [3.63, 3.8) is 0 Å². The summed E-state index contributed by atoms with van der Waals surface area (Å²) in [5.41, 5.74) is 0.416. The second-order valence-electron chi connectivity index (χ2n) is 3.28. The van der Waals surface area contributed by atoms with E-state index in [-0.39, 0.29) is 5.97 Å². The number of carbonyl (C=O) groups excluding carboxylic acids is 1. The summed E-state index contributed by atoms with van der Waals surface area (Å²) in [5, 5.41) is 0. The number of carbonyl (C=O) groups is 1. The Bertz CT molecular complexity index is 373. The van der Waals surface area contributed by atoms with Gasteiger partial charge in [0.2, 0.25) is 0 Å². The van der Waals surface area contributed by atoms with Crippen LogP contribution in [0.2, 0.25) is 0 Å². The van der Waals surface area contributed by atoms with E-state index in [4.69, 9.17) is 17.0 Å². The van der Waals surface area contributed by atoms with Crippen LogP contribution in [-0.2, 0) is 4.74 Å². The number of nitrogens with one attached hydrogen (secondary N) is 1. The highest BCUT2D eigenvalue weighted by Gasteiger charge is 2.05. The van der Waals surface area contributed by atoms with E-state index in [0.717, 1.165) is 19.3 Å². The smallest absolute Gasteiger partial charge is 0.354 e. The molecule has 1 aromatic heterocycles. The average molecular weight is 225 g/mol. The van der Waals surface area contributed by atoms with E-state index in [1.807, 2.05) is 0 Å². The van der Waals surface area contributed by atoms with Crippen LogP contribution in [0.3, 0.4) is 0 Å². The molecule has 0 aliphatic carbocycles. The highest BCUT2D eigenvalue weighted by molar-refractivity contribution is 7.71. The van der Waals surface area contributed by atoms with Crippen LogP contribution in [0.5, 0.6) is 0 Å². The number of ether oxygens (including phenoxy) is 1. The molecule has 82 valence electrons. The minimum Gasteiger partial charge on any atom is -0.461 e. The normalized spacial score (nSPS) is 9.93. The van der Waals surface area contributed by atoms with Gasteiger partial charge in [0.1, 0.15) is 5.69 Å². The molecule has 0 aliphatic heterocycles. The zero-order valence-corrected chi connectivity index (χ0v) is 9.60. The van der Waals surface area contributed by atoms with Crippen LogP contribution in [0, 0.1) is 4.51 Å². The zero-order valence-electron chi connectivity index (χ0n) is 8.79. The lowest BCUT2D eigenvalue weighted by Crippen LogP contribution is -2.08. The highest BCUT2D eigenvalue weighted by Crippen LogP contribution is 2.01. The van der Waals surface area contributed by atoms with E-state index in [9.17, 15) is 4.79 Å². The number of aromatic amines is 1. The molecular weight excluding hydrogens is 210 g/mol. The third kappa shape index (κ3) is 4.25. The minimum absolute atomic E-state index is 0.335. The van der Waals surface area contributed by atoms with E-state index in [2.05, 4.69) is 11.9 Å². The van der Waals surface area contributed by atoms with Crippen molar-refractivity contribution in [2.45, 2.75) is 26.2 Å². The summed E-state index contributed by atoms with van der Waals surface area (Å²) in [6.45, 7) is 2.58. The first-order valence-corrected chi connectivity index (χ1v) is 5.50. The SMILES string of the molecule is CCCCCOC(=O)c1cc(=S)cc[nH]1. The summed E-state index contributed by atoms with van der Waals surface area (Å²) >= 11 is 4.95. The number of aromatic nitrogens is 1. The van der Waals surface area contributed by atoms with Crippen LogP contribution < -0.4 is 0 Å². The van der Waals surface area contributed by atoms with E-state index < -0.39 is 0 Å². The number of pyridine rings is 1. The standard InChI is InChI=1S/C11H15NO2S/c1-2-3-4-7-14-11(13)10-8-9(15)5-6-12-10/h5-6,8H,2-4,7H2,1H3,(H,12,15). The topological polar surface area (TPSA) is 42.1 Å². The molecular formula is C11H15NO2S. The third-order valence-electron chi connectivity index (χ3n) is 1.97. The van der Waals surface area contributed by atoms with E-state index in [0.29, 0.717) is 16.8 Å². The van der Waals surface area contributed by atoms with E-state index in [1.165, 1.54) is 0 Å². The van der Waals surface area contributed by atoms with Crippen LogP contribution in [0.4, 0.5) is 0 Å². The van der Waals surface area contributed by atoms with Gasteiger partial charge in [-0.15, -0.1) is 0 Å². The fourth-order valence-electron chi connectivity index (χ4n) is 1.16. The predicted octanol–water partition coefficient (Wildman–Crippen LogP) is 3.09. The van der Waals surface area contributed by atoms with Crippen molar-refractivity contribution in [3.05, 3.63) is 28.5 Å². The Kier molecular flexibility index (Phi) is 5.04. The molecule has 0 aromatic carbocycles. The molecule has 0 spiro atoms. The predicted molar refractivity (Wildman–Crippen MR) is 61.4 cm³/mol. The molecule has 1 aromatic rings. The Hall–Kier alpha value is -1.16. The molecule has 1 N–H and O–H groups in total. The van der Waals surface area contributed by atoms with Crippen LogP contribution in [0.1, 0.15) is 36.7 Å². The van der Waals surface area contributed by atoms with E-state index in [1.54, 1.807) is 18.3 Å². The molecule has 0 saturated heterocycles. The van der Waals surface area contributed by atoms with Crippen LogP contribution in [0.25, 0.3) is 0 Å². The molecule has 1 rings (SSSR count). The van der Waals surface area contributed by atoms with Gasteiger partial charge in [0.05, 0.1) is 6.61 Å². The maximum absolute atomic E-state index is 11.5. The van der Waals surface area contributed by atoms with Gasteiger partial charge in [-0.3, -0.25) is 0 Å². The van der Waals surface area contributed by atoms with Gasteiger partial charge >= 0.3 is 5.97 Å². The average Bonchev–Trinajstić information content (AvgIpc) is 2.24. The number of rotatable bonds is 5. The number of unbranched alkanes of at least 4 members (excludes halogenated alkanes) is 2. The summed E-state index contributed by atoms with van der Waals surface area (Å²) in [7, 11) is 0. The first kappa shape index (κ1) is 11.9. The Labute approximate surface area is 94.5 Å². The second-order valence-corrected chi connectivity index (χ2v) is 3.75. The van der Waals surface area contributed by atoms with Crippen molar-refractivity contribution in [1.82, 2.24) is 4.98 Å². The van der Waals surface area contributed by atoms with Gasteiger partial charge in [0.15, 0.2) is 0 Å². The molecule has 0 amide bonds. The van der Waals surface area contributed by atoms with Crippen LogP contribution >= 0.6 is 12.2 Å². The number of H-pyrrole nitrogens is 1. The fraction of sp³-hybridized carbons (Fsp3) is 0.455. The molecule has 3 nitrogen and oxygen atoms in total. The maximum Gasteiger partial charge on any atom is 0.354 e. The van der Waals surface area contributed by atoms with Gasteiger partial charge < -0.3 is 9.72 Å². The van der Waals surface area contributed by atoms with Gasteiger partial charge in [-0.2, -0.15) is 0 Å². The summed E-state index contributed by atoms with van der Waals surface area (Å²) < 4.78 is 5.70. The van der Waals surface area contributed by atoms with Gasteiger partial charge in [0.25, 0.3) is 0 Å². The van der Waals surface area contributed by atoms with Crippen LogP contribution in [0.15, 0.2) is 18.3 Å². The van der Waals surface area contributed by atoms with E-state index >= 15 is 0 Å². The van der Waals surface area contributed by atoms with Crippen molar-refractivity contribution in [2.75, 3.05) is 6.61 Å². The lowest BCUT2D eigenvalue weighted by molar-refractivity contribution is 0.0491. The van der Waals surface area contributed by atoms with Gasteiger partial charge in [0, 0.05) is 10.7 Å². The first-order chi connectivity index (χ1) is 7.24. The highest BCUT2D eigenvalue weighted by atomic mass is 32.1. The Morgan fingerprint density at radius 1 is 1.53 bits per heavy atom. The monoisotopic (exact) mass is 225 g/mol. The van der Waals surface area contributed by atoms with Gasteiger partial charge in [-0.25, -0.2) is 4.79 Å². The lowest BCUT2D eigenvalue weighted by atomic mass is 10.3. The molecule has 0 saturated carbocycles. The lowest BCUT2D eigenvalue weighted by Gasteiger charge is -2.03. The Balaban J connectivity index is 2.44. The van der Waals surface area contributed by atoms with Crippen molar-refractivity contribution >= 4 is 18.2 Å². The van der Waals surface area contributed by atoms with Crippen molar-refractivity contribution < 1.29 is 9.53 Å². The largest absolute Gasteiger partial charge is 0.461 e. The number of hydrogen-bond acceptors (Lipinski definition) is 3. The van der Waals surface area contributed by atoms with Crippen molar-refractivity contribution in [3.8, 4) is 0 Å².